The van der Waals surface area contributed by atoms with E-state index < -0.39 is 0 Å². The second-order valence-corrected chi connectivity index (χ2v) is 11.7. The van der Waals surface area contributed by atoms with Gasteiger partial charge in [-0.25, -0.2) is 0 Å². The van der Waals surface area contributed by atoms with Crippen LogP contribution in [0.1, 0.15) is 97.8 Å². The molecule has 0 N–H and O–H groups in total. The minimum atomic E-state index is -0.0973. The number of hydrogen-bond donors (Lipinski definition) is 0. The van der Waals surface area contributed by atoms with E-state index in [0.717, 1.165) is 43.1 Å². The summed E-state index contributed by atoms with van der Waals surface area (Å²) in [4.78, 5) is 11.7. The average Bonchev–Trinajstić information content (AvgIpc) is 3.05. The zero-order valence-corrected chi connectivity index (χ0v) is 19.4. The van der Waals surface area contributed by atoms with E-state index in [0.29, 0.717) is 11.5 Å². The van der Waals surface area contributed by atoms with Crippen LogP contribution in [0.4, 0.5) is 0 Å². The van der Waals surface area contributed by atoms with E-state index in [1.807, 2.05) is 0 Å². The third-order valence-electron chi connectivity index (χ3n) is 10.3. The van der Waals surface area contributed by atoms with Crippen LogP contribution in [0.5, 0.6) is 0 Å². The Morgan fingerprint density at radius 3 is 2.47 bits per heavy atom. The van der Waals surface area contributed by atoms with Crippen LogP contribution in [-0.2, 0) is 19.0 Å². The van der Waals surface area contributed by atoms with Crippen LogP contribution in [0.25, 0.3) is 0 Å². The molecule has 0 aromatic rings. The van der Waals surface area contributed by atoms with Gasteiger partial charge in [-0.3, -0.25) is 4.79 Å². The lowest BCUT2D eigenvalue weighted by Crippen LogP contribution is -2.55. The Morgan fingerprint density at radius 2 is 1.70 bits per heavy atom. The number of ether oxygens (including phenoxy) is 3. The van der Waals surface area contributed by atoms with E-state index in [1.165, 1.54) is 64.2 Å². The van der Waals surface area contributed by atoms with Gasteiger partial charge in [0.1, 0.15) is 6.10 Å². The average molecular weight is 419 g/mol. The highest BCUT2D eigenvalue weighted by Gasteiger charge is 2.61. The number of carbonyl (C=O) groups is 1. The highest BCUT2D eigenvalue weighted by atomic mass is 16.7. The molecule has 170 valence electrons. The molecule has 4 aliphatic carbocycles. The number of hydrogen-bond acceptors (Lipinski definition) is 4. The molecule has 0 amide bonds. The highest BCUT2D eigenvalue weighted by molar-refractivity contribution is 5.66. The number of fused-ring (bicyclic) bond motifs is 5. The number of esters is 1. The van der Waals surface area contributed by atoms with Gasteiger partial charge in [0, 0.05) is 18.9 Å². The summed E-state index contributed by atoms with van der Waals surface area (Å²) >= 11 is 0. The monoisotopic (exact) mass is 418 g/mol. The van der Waals surface area contributed by atoms with Crippen LogP contribution >= 0.6 is 0 Å². The first-order valence-electron chi connectivity index (χ1n) is 12.8. The second-order valence-electron chi connectivity index (χ2n) is 11.7. The van der Waals surface area contributed by atoms with Gasteiger partial charge in [-0.15, -0.1) is 0 Å². The summed E-state index contributed by atoms with van der Waals surface area (Å²) < 4.78 is 18.1. The molecule has 1 saturated heterocycles. The van der Waals surface area contributed by atoms with Crippen molar-refractivity contribution in [1.29, 1.82) is 0 Å². The molecule has 4 saturated carbocycles. The van der Waals surface area contributed by atoms with Crippen molar-refractivity contribution in [2.24, 2.45) is 34.5 Å². The van der Waals surface area contributed by atoms with E-state index >= 15 is 0 Å². The summed E-state index contributed by atoms with van der Waals surface area (Å²) in [6.45, 7) is 7.49. The van der Waals surface area contributed by atoms with Crippen molar-refractivity contribution < 1.29 is 19.0 Å². The lowest BCUT2D eigenvalue weighted by Gasteiger charge is -2.61. The van der Waals surface area contributed by atoms with Gasteiger partial charge in [0.2, 0.25) is 0 Å². The summed E-state index contributed by atoms with van der Waals surface area (Å²) in [6.07, 6.45) is 15.4. The topological polar surface area (TPSA) is 44.8 Å². The van der Waals surface area contributed by atoms with Crippen molar-refractivity contribution in [2.75, 3.05) is 6.61 Å². The predicted octanol–water partition coefficient (Wildman–Crippen LogP) is 5.87. The van der Waals surface area contributed by atoms with Crippen molar-refractivity contribution in [2.45, 2.75) is 116 Å². The zero-order valence-electron chi connectivity index (χ0n) is 19.4. The summed E-state index contributed by atoms with van der Waals surface area (Å²) in [6, 6.07) is 0. The maximum atomic E-state index is 11.7. The van der Waals surface area contributed by atoms with Gasteiger partial charge in [0.05, 0.1) is 6.10 Å². The van der Waals surface area contributed by atoms with E-state index in [9.17, 15) is 4.79 Å². The SMILES string of the molecule is CC(=O)O[C@H]1CC[C@H]2[C@@H]3CC[C@H]4C[C@@H](O[C@@H]5CCCCO5)CC[C@]4(C)[C@H]3CC[C@]12C. The van der Waals surface area contributed by atoms with Crippen LogP contribution in [0.15, 0.2) is 0 Å². The second kappa shape index (κ2) is 8.06. The maximum absolute atomic E-state index is 11.7. The summed E-state index contributed by atoms with van der Waals surface area (Å²) in [5.41, 5.74) is 0.672. The van der Waals surface area contributed by atoms with Gasteiger partial charge >= 0.3 is 5.97 Å². The van der Waals surface area contributed by atoms with Crippen LogP contribution in [0.3, 0.4) is 0 Å². The molecule has 5 rings (SSSR count). The quantitative estimate of drug-likeness (QED) is 0.424. The predicted molar refractivity (Wildman–Crippen MR) is 116 cm³/mol. The standard InChI is InChI=1S/C26H42O4/c1-17(27)29-23-10-9-21-20-8-7-18-16-19(30-24-6-4-5-15-28-24)11-13-25(18,2)22(20)12-14-26(21,23)3/h18-24H,4-16H2,1-3H3/t18-,19-,20-,21-,22-,23-,24+,25-,26-/m0/s1. The molecule has 0 unspecified atom stereocenters. The first-order chi connectivity index (χ1) is 14.4. The fraction of sp³-hybridized carbons (Fsp3) is 0.962. The van der Waals surface area contributed by atoms with Crippen LogP contribution in [0.2, 0.25) is 0 Å². The van der Waals surface area contributed by atoms with E-state index in [2.05, 4.69) is 13.8 Å². The molecule has 4 nitrogen and oxygen atoms in total. The third-order valence-corrected chi connectivity index (χ3v) is 10.3. The Balaban J connectivity index is 1.26. The first-order valence-corrected chi connectivity index (χ1v) is 12.8. The normalized spacial score (nSPS) is 50.8. The molecule has 0 spiro atoms. The van der Waals surface area contributed by atoms with Crippen molar-refractivity contribution in [3.8, 4) is 0 Å². The summed E-state index contributed by atoms with van der Waals surface area (Å²) in [5, 5.41) is 0. The fourth-order valence-electron chi connectivity index (χ4n) is 8.72. The smallest absolute Gasteiger partial charge is 0.302 e. The summed E-state index contributed by atoms with van der Waals surface area (Å²) in [7, 11) is 0. The van der Waals surface area contributed by atoms with Gasteiger partial charge in [-0.1, -0.05) is 13.8 Å². The van der Waals surface area contributed by atoms with E-state index in [1.54, 1.807) is 6.92 Å². The van der Waals surface area contributed by atoms with Crippen molar-refractivity contribution in [3.63, 3.8) is 0 Å². The zero-order chi connectivity index (χ0) is 20.9. The molecule has 0 radical (unpaired) electrons. The largest absolute Gasteiger partial charge is 0.462 e. The molecule has 4 heteroatoms. The molecule has 5 fully saturated rings. The molecular formula is C26H42O4. The Kier molecular flexibility index (Phi) is 5.71. The lowest BCUT2D eigenvalue weighted by atomic mass is 9.45. The number of carbonyl (C=O) groups excluding carboxylic acids is 1. The van der Waals surface area contributed by atoms with Gasteiger partial charge in [0.15, 0.2) is 6.29 Å². The Morgan fingerprint density at radius 1 is 0.900 bits per heavy atom. The van der Waals surface area contributed by atoms with E-state index in [4.69, 9.17) is 14.2 Å². The Bertz CT molecular complexity index is 643. The first kappa shape index (κ1) is 21.2. The molecule has 30 heavy (non-hydrogen) atoms. The van der Waals surface area contributed by atoms with Crippen LogP contribution in [0, 0.1) is 34.5 Å². The van der Waals surface area contributed by atoms with Gasteiger partial charge < -0.3 is 14.2 Å². The third kappa shape index (κ3) is 3.54. The number of rotatable bonds is 3. The Hall–Kier alpha value is -0.610. The molecule has 0 aromatic carbocycles. The van der Waals surface area contributed by atoms with Gasteiger partial charge in [0.25, 0.3) is 0 Å². The van der Waals surface area contributed by atoms with E-state index in [-0.39, 0.29) is 23.8 Å². The molecule has 5 aliphatic rings. The molecule has 1 heterocycles. The minimum absolute atomic E-state index is 0.0523. The molecule has 0 bridgehead atoms. The highest BCUT2D eigenvalue weighted by Crippen LogP contribution is 2.66. The minimum Gasteiger partial charge on any atom is -0.462 e. The van der Waals surface area contributed by atoms with Crippen molar-refractivity contribution in [1.82, 2.24) is 0 Å². The van der Waals surface area contributed by atoms with Gasteiger partial charge in [-0.2, -0.15) is 0 Å². The summed E-state index contributed by atoms with van der Waals surface area (Å²) in [5.74, 6) is 3.11. The fourth-order valence-corrected chi connectivity index (χ4v) is 8.72. The Labute approximate surface area is 182 Å². The van der Waals surface area contributed by atoms with Crippen LogP contribution < -0.4 is 0 Å². The van der Waals surface area contributed by atoms with Crippen molar-refractivity contribution in [3.05, 3.63) is 0 Å². The van der Waals surface area contributed by atoms with Crippen molar-refractivity contribution >= 4 is 5.97 Å². The molecule has 0 aromatic heterocycles. The molecular weight excluding hydrogens is 376 g/mol. The maximum Gasteiger partial charge on any atom is 0.302 e. The van der Waals surface area contributed by atoms with Crippen LogP contribution in [-0.4, -0.2) is 31.1 Å². The molecule has 1 aliphatic heterocycles. The lowest BCUT2D eigenvalue weighted by molar-refractivity contribution is -0.212. The molecule has 9 atom stereocenters. The van der Waals surface area contributed by atoms with Gasteiger partial charge in [-0.05, 0) is 106 Å².